The van der Waals surface area contributed by atoms with Crippen LogP contribution in [0.4, 0.5) is 18.9 Å². The Bertz CT molecular complexity index is 1220. The third-order valence-corrected chi connectivity index (χ3v) is 5.33. The number of anilines is 1. The average Bonchev–Trinajstić information content (AvgIpc) is 3.06. The van der Waals surface area contributed by atoms with Gasteiger partial charge in [0.2, 0.25) is 0 Å². The predicted octanol–water partition coefficient (Wildman–Crippen LogP) is 3.87. The van der Waals surface area contributed by atoms with Crippen molar-refractivity contribution in [2.75, 3.05) is 19.1 Å². The van der Waals surface area contributed by atoms with Crippen LogP contribution in [-0.2, 0) is 0 Å². The fourth-order valence-corrected chi connectivity index (χ4v) is 3.69. The highest BCUT2D eigenvalue weighted by Crippen LogP contribution is 2.39. The summed E-state index contributed by atoms with van der Waals surface area (Å²) in [4.78, 5) is 26.9. The number of hydrogen-bond acceptors (Lipinski definition) is 7. The number of pyridine rings is 3. The maximum absolute atomic E-state index is 13.0. The van der Waals surface area contributed by atoms with E-state index in [9.17, 15) is 23.1 Å². The summed E-state index contributed by atoms with van der Waals surface area (Å²) in [6.07, 6.45) is -3.82. The van der Waals surface area contributed by atoms with Gasteiger partial charge in [0.25, 0.3) is 11.8 Å². The smallest absolute Gasteiger partial charge is 0.418 e. The van der Waals surface area contributed by atoms with Crippen molar-refractivity contribution >= 4 is 11.6 Å². The Hall–Kier alpha value is -3.73. The Morgan fingerprint density at radius 1 is 1.12 bits per heavy atom. The third-order valence-electron chi connectivity index (χ3n) is 5.33. The maximum Gasteiger partial charge on any atom is 0.418 e. The molecule has 2 atom stereocenters. The van der Waals surface area contributed by atoms with Gasteiger partial charge < -0.3 is 14.6 Å². The van der Waals surface area contributed by atoms with E-state index in [1.54, 1.807) is 31.3 Å². The molecule has 2 unspecified atom stereocenters. The number of rotatable bonds is 5. The number of hydrogen-bond donors (Lipinski definition) is 1. The van der Waals surface area contributed by atoms with Gasteiger partial charge in [-0.2, -0.15) is 13.2 Å². The number of fused-ring (bicyclic) bond motifs is 1. The van der Waals surface area contributed by atoms with Gasteiger partial charge in [-0.15, -0.1) is 0 Å². The molecule has 0 saturated carbocycles. The number of ether oxygens (including phenoxy) is 2. The summed E-state index contributed by atoms with van der Waals surface area (Å²) in [6, 6.07) is 5.48. The first-order chi connectivity index (χ1) is 15.7. The number of aromatic nitrogens is 3. The molecule has 1 aliphatic rings. The molecule has 0 aliphatic carbocycles. The lowest BCUT2D eigenvalue weighted by atomic mass is 10.1. The fourth-order valence-electron chi connectivity index (χ4n) is 3.69. The highest BCUT2D eigenvalue weighted by Gasteiger charge is 2.41. The third kappa shape index (κ3) is 3.95. The van der Waals surface area contributed by atoms with Crippen molar-refractivity contribution in [3.63, 3.8) is 0 Å². The van der Waals surface area contributed by atoms with E-state index in [-0.39, 0.29) is 5.69 Å². The lowest BCUT2D eigenvalue weighted by Gasteiger charge is -2.23. The van der Waals surface area contributed by atoms with Crippen LogP contribution in [0.15, 0.2) is 42.9 Å². The van der Waals surface area contributed by atoms with Crippen LogP contribution < -0.4 is 14.4 Å². The number of aliphatic hydroxyl groups excluding tert-OH is 1. The summed E-state index contributed by atoms with van der Waals surface area (Å²) in [5.41, 5.74) is 1.60. The van der Waals surface area contributed by atoms with Gasteiger partial charge in [-0.25, -0.2) is 9.97 Å². The Kier molecular flexibility index (Phi) is 5.66. The minimum Gasteiger partial charge on any atom is -0.491 e. The second-order valence-electron chi connectivity index (χ2n) is 7.34. The van der Waals surface area contributed by atoms with Crippen LogP contribution >= 0.6 is 0 Å². The van der Waals surface area contributed by atoms with E-state index in [0.29, 0.717) is 34.1 Å². The summed E-state index contributed by atoms with van der Waals surface area (Å²) in [6.45, 7) is 1.71. The molecule has 33 heavy (non-hydrogen) atoms. The van der Waals surface area contributed by atoms with Gasteiger partial charge in [0.15, 0.2) is 11.9 Å². The van der Waals surface area contributed by atoms with Crippen LogP contribution in [0.25, 0.3) is 11.3 Å². The number of aliphatic hydroxyl groups is 1. The monoisotopic (exact) mass is 460 g/mol. The van der Waals surface area contributed by atoms with Crippen molar-refractivity contribution in [3.05, 3.63) is 59.7 Å². The summed E-state index contributed by atoms with van der Waals surface area (Å²) in [7, 11) is 2.95. The van der Waals surface area contributed by atoms with E-state index in [2.05, 4.69) is 15.0 Å². The van der Waals surface area contributed by atoms with Crippen molar-refractivity contribution in [2.45, 2.75) is 25.2 Å². The van der Waals surface area contributed by atoms with Gasteiger partial charge in [0.05, 0.1) is 49.1 Å². The zero-order valence-corrected chi connectivity index (χ0v) is 17.8. The first kappa shape index (κ1) is 22.5. The molecule has 4 rings (SSSR count). The van der Waals surface area contributed by atoms with Gasteiger partial charge in [-0.3, -0.25) is 14.7 Å². The highest BCUT2D eigenvalue weighted by atomic mass is 19.4. The van der Waals surface area contributed by atoms with Gasteiger partial charge in [0, 0.05) is 23.5 Å². The van der Waals surface area contributed by atoms with E-state index in [1.807, 2.05) is 0 Å². The molecule has 1 N–H and O–H groups in total. The molecular formula is C22H19F3N4O4. The number of carbonyl (C=O) groups is 1. The van der Waals surface area contributed by atoms with Crippen molar-refractivity contribution in [3.8, 4) is 22.9 Å². The second kappa shape index (κ2) is 8.32. The molecule has 11 heteroatoms. The summed E-state index contributed by atoms with van der Waals surface area (Å²) in [5.74, 6) is 0.294. The number of amides is 1. The van der Waals surface area contributed by atoms with Crippen molar-refractivity contribution in [1.82, 2.24) is 15.0 Å². The normalized spacial score (nSPS) is 16.5. The number of nitrogens with zero attached hydrogens (tertiary/aromatic N) is 4. The molecule has 0 aromatic carbocycles. The van der Waals surface area contributed by atoms with E-state index in [4.69, 9.17) is 9.47 Å². The molecule has 4 heterocycles. The molecule has 0 bridgehead atoms. The SMILES string of the molecule is COc1cc(-c2ccc3c(n2)C(C)N(c2cncc(C(O)C(F)(F)F)c2)C3=O)cnc1OC. The second-order valence-corrected chi connectivity index (χ2v) is 7.34. The Labute approximate surface area is 186 Å². The lowest BCUT2D eigenvalue weighted by molar-refractivity contribution is -0.206. The van der Waals surface area contributed by atoms with Crippen LogP contribution in [0.1, 0.15) is 40.7 Å². The highest BCUT2D eigenvalue weighted by molar-refractivity contribution is 6.10. The lowest BCUT2D eigenvalue weighted by Crippen LogP contribution is -2.27. The van der Waals surface area contributed by atoms with E-state index in [1.165, 1.54) is 25.3 Å². The molecule has 1 amide bonds. The molecule has 0 fully saturated rings. The summed E-state index contributed by atoms with van der Waals surface area (Å²) in [5, 5.41) is 9.57. The van der Waals surface area contributed by atoms with Crippen LogP contribution in [0.3, 0.4) is 0 Å². The largest absolute Gasteiger partial charge is 0.491 e. The quantitative estimate of drug-likeness (QED) is 0.617. The summed E-state index contributed by atoms with van der Waals surface area (Å²) < 4.78 is 49.2. The van der Waals surface area contributed by atoms with Gasteiger partial charge >= 0.3 is 6.18 Å². The molecule has 0 saturated heterocycles. The first-order valence-corrected chi connectivity index (χ1v) is 9.78. The topological polar surface area (TPSA) is 97.7 Å². The Morgan fingerprint density at radius 3 is 2.55 bits per heavy atom. The minimum atomic E-state index is -4.85. The van der Waals surface area contributed by atoms with Crippen molar-refractivity contribution < 1.29 is 32.5 Å². The zero-order chi connectivity index (χ0) is 23.9. The number of alkyl halides is 3. The van der Waals surface area contributed by atoms with Crippen molar-refractivity contribution in [1.29, 1.82) is 0 Å². The summed E-state index contributed by atoms with van der Waals surface area (Å²) >= 11 is 0. The van der Waals surface area contributed by atoms with Crippen LogP contribution in [0.2, 0.25) is 0 Å². The Balaban J connectivity index is 1.70. The standard InChI is InChI=1S/C22H19F3N4O4/c1-11-18-15(4-5-16(28-18)12-7-17(32-2)20(33-3)27-9-12)21(31)29(11)14-6-13(8-26-10-14)19(30)22(23,24)25/h4-11,19,30H,1-3H3. The van der Waals surface area contributed by atoms with Gasteiger partial charge in [-0.05, 0) is 31.2 Å². The first-order valence-electron chi connectivity index (χ1n) is 9.78. The molecule has 8 nitrogen and oxygen atoms in total. The average molecular weight is 460 g/mol. The van der Waals surface area contributed by atoms with E-state index in [0.717, 1.165) is 12.3 Å². The molecule has 1 aliphatic heterocycles. The fraction of sp³-hybridized carbons (Fsp3) is 0.273. The molecule has 0 spiro atoms. The van der Waals surface area contributed by atoms with Gasteiger partial charge in [0.1, 0.15) is 0 Å². The molecule has 172 valence electrons. The van der Waals surface area contributed by atoms with Crippen molar-refractivity contribution in [2.24, 2.45) is 0 Å². The molecule has 3 aromatic rings. The predicted molar refractivity (Wildman–Crippen MR) is 111 cm³/mol. The number of halogens is 3. The minimum absolute atomic E-state index is 0.126. The molecular weight excluding hydrogens is 441 g/mol. The zero-order valence-electron chi connectivity index (χ0n) is 17.8. The Morgan fingerprint density at radius 2 is 1.88 bits per heavy atom. The van der Waals surface area contributed by atoms with E-state index >= 15 is 0 Å². The van der Waals surface area contributed by atoms with Crippen LogP contribution in [-0.4, -0.2) is 46.4 Å². The van der Waals surface area contributed by atoms with Crippen LogP contribution in [0, 0.1) is 0 Å². The van der Waals surface area contributed by atoms with Crippen LogP contribution in [0.5, 0.6) is 11.6 Å². The number of carbonyl (C=O) groups excluding carboxylic acids is 1. The van der Waals surface area contributed by atoms with Gasteiger partial charge in [-0.1, -0.05) is 0 Å². The van der Waals surface area contributed by atoms with E-state index < -0.39 is 29.8 Å². The molecule has 0 radical (unpaired) electrons. The maximum atomic E-state index is 13.0. The molecule has 3 aromatic heterocycles. The number of methoxy groups -OCH3 is 2.